The third kappa shape index (κ3) is 5.73. The van der Waals surface area contributed by atoms with Crippen LogP contribution in [0.2, 0.25) is 0 Å². The van der Waals surface area contributed by atoms with E-state index in [2.05, 4.69) is 150 Å². The highest BCUT2D eigenvalue weighted by Gasteiger charge is 2.46. The normalized spacial score (nSPS) is 21.2. The van der Waals surface area contributed by atoms with Gasteiger partial charge in [-0.3, -0.25) is 4.79 Å². The van der Waals surface area contributed by atoms with Crippen molar-refractivity contribution in [3.63, 3.8) is 0 Å². The van der Waals surface area contributed by atoms with E-state index in [1.807, 2.05) is 12.2 Å². The summed E-state index contributed by atoms with van der Waals surface area (Å²) >= 11 is 0. The van der Waals surface area contributed by atoms with Crippen LogP contribution in [-0.4, -0.2) is 24.9 Å². The molecule has 0 bridgehead atoms. The summed E-state index contributed by atoms with van der Waals surface area (Å²) in [6, 6.07) is 31.3. The maximum absolute atomic E-state index is 14.1. The van der Waals surface area contributed by atoms with Crippen molar-refractivity contribution < 1.29 is 9.90 Å². The zero-order valence-electron chi connectivity index (χ0n) is 34.2. The number of aryl methyl sites for hydroxylation is 2. The molecule has 0 amide bonds. The van der Waals surface area contributed by atoms with E-state index in [1.165, 1.54) is 55.9 Å². The summed E-state index contributed by atoms with van der Waals surface area (Å²) in [5, 5.41) is 14.1. The van der Waals surface area contributed by atoms with Crippen molar-refractivity contribution in [2.24, 2.45) is 0 Å². The van der Waals surface area contributed by atoms with Crippen LogP contribution in [0.25, 0.3) is 11.1 Å². The number of carbonyl (C=O) groups excluding carboxylic acids is 1. The number of rotatable bonds is 11. The van der Waals surface area contributed by atoms with Crippen molar-refractivity contribution in [3.05, 3.63) is 153 Å². The summed E-state index contributed by atoms with van der Waals surface area (Å²) < 4.78 is 0. The van der Waals surface area contributed by atoms with Gasteiger partial charge in [0.2, 0.25) is 0 Å². The molecule has 4 heteroatoms. The number of hydrogen-bond donors (Lipinski definition) is 0. The molecule has 0 N–H and O–H groups in total. The number of ketones is 1. The molecule has 0 aromatic heterocycles. The molecule has 55 heavy (non-hydrogen) atoms. The SMILES string of the molecule is CCCCN1c2ccccc2C(C)(C)C1/C=C1\C(=O)C(/C=C2/N(CCCC3(C)c4cc(CC)ccc4-c4ccc(CC)cc43)c3ccccc3C2(C)C)=C1[O-]. The van der Waals surface area contributed by atoms with E-state index in [4.69, 9.17) is 0 Å². The van der Waals surface area contributed by atoms with E-state index in [0.29, 0.717) is 11.1 Å². The summed E-state index contributed by atoms with van der Waals surface area (Å²) in [6.45, 7) is 19.8. The zero-order valence-corrected chi connectivity index (χ0v) is 34.2. The highest BCUT2D eigenvalue weighted by Crippen LogP contribution is 2.53. The highest BCUT2D eigenvalue weighted by atomic mass is 16.3. The smallest absolute Gasteiger partial charge is 0.191 e. The van der Waals surface area contributed by atoms with Gasteiger partial charge in [-0.1, -0.05) is 146 Å². The number of fused-ring (bicyclic) bond motifs is 5. The number of carbonyl (C=O) groups is 1. The van der Waals surface area contributed by atoms with E-state index in [-0.39, 0.29) is 33.8 Å². The molecule has 8 rings (SSSR count). The Labute approximate surface area is 329 Å². The molecule has 0 fully saturated rings. The number of anilines is 2. The average molecular weight is 730 g/mol. The number of unbranched alkanes of at least 4 members (excludes halogenated alkanes) is 1. The summed E-state index contributed by atoms with van der Waals surface area (Å²) in [7, 11) is 0. The van der Waals surface area contributed by atoms with Gasteiger partial charge >= 0.3 is 0 Å². The molecular weight excluding hydrogens is 673 g/mol. The minimum atomic E-state index is -0.363. The van der Waals surface area contributed by atoms with Crippen LogP contribution in [0.1, 0.15) is 114 Å². The molecule has 4 nitrogen and oxygen atoms in total. The molecule has 4 aliphatic rings. The average Bonchev–Trinajstić information content (AvgIpc) is 3.66. The van der Waals surface area contributed by atoms with Crippen molar-refractivity contribution in [2.45, 2.75) is 116 Å². The van der Waals surface area contributed by atoms with Crippen LogP contribution < -0.4 is 14.9 Å². The Bertz CT molecular complexity index is 2230. The molecule has 0 saturated carbocycles. The fourth-order valence-electron chi connectivity index (χ4n) is 10.2. The Morgan fingerprint density at radius 1 is 0.709 bits per heavy atom. The van der Waals surface area contributed by atoms with Crippen LogP contribution in [0.4, 0.5) is 11.4 Å². The van der Waals surface area contributed by atoms with Gasteiger partial charge in [-0.2, -0.15) is 0 Å². The van der Waals surface area contributed by atoms with Gasteiger partial charge in [0, 0.05) is 57.6 Å². The van der Waals surface area contributed by atoms with Crippen LogP contribution in [0.15, 0.2) is 120 Å². The second kappa shape index (κ2) is 13.7. The maximum Gasteiger partial charge on any atom is 0.191 e. The number of nitrogens with zero attached hydrogens (tertiary/aromatic N) is 2. The Balaban J connectivity index is 1.12. The minimum absolute atomic E-state index is 0.0637. The lowest BCUT2D eigenvalue weighted by Crippen LogP contribution is -2.42. The lowest BCUT2D eigenvalue weighted by atomic mass is 9.75. The second-order valence-corrected chi connectivity index (χ2v) is 17.6. The molecule has 2 heterocycles. The predicted molar refractivity (Wildman–Crippen MR) is 227 cm³/mol. The molecule has 4 aromatic carbocycles. The first kappa shape index (κ1) is 37.1. The van der Waals surface area contributed by atoms with E-state index in [1.54, 1.807) is 0 Å². The molecule has 0 saturated heterocycles. The summed E-state index contributed by atoms with van der Waals surface area (Å²) in [5.41, 5.74) is 14.2. The van der Waals surface area contributed by atoms with E-state index >= 15 is 0 Å². The third-order valence-electron chi connectivity index (χ3n) is 13.6. The lowest BCUT2D eigenvalue weighted by Gasteiger charge is -2.37. The Kier molecular flexibility index (Phi) is 9.26. The fourth-order valence-corrected chi connectivity index (χ4v) is 10.2. The fraction of sp³-hybridized carbons (Fsp3) is 0.392. The summed E-state index contributed by atoms with van der Waals surface area (Å²) in [4.78, 5) is 18.9. The lowest BCUT2D eigenvalue weighted by molar-refractivity contribution is -0.300. The van der Waals surface area contributed by atoms with Crippen molar-refractivity contribution >= 4 is 17.2 Å². The molecule has 0 spiro atoms. The molecule has 2 aliphatic heterocycles. The Hall–Kier alpha value is -4.83. The predicted octanol–water partition coefficient (Wildman–Crippen LogP) is 10.6. The first-order valence-electron chi connectivity index (χ1n) is 20.8. The van der Waals surface area contributed by atoms with E-state index in [9.17, 15) is 9.90 Å². The molecule has 4 aromatic rings. The highest BCUT2D eigenvalue weighted by molar-refractivity contribution is 6.21. The van der Waals surface area contributed by atoms with Crippen LogP contribution in [0.5, 0.6) is 0 Å². The molecular formula is C51H57N2O2-. The van der Waals surface area contributed by atoms with Crippen LogP contribution >= 0.6 is 0 Å². The number of hydrogen-bond acceptors (Lipinski definition) is 4. The van der Waals surface area contributed by atoms with Gasteiger partial charge in [0.15, 0.2) is 5.78 Å². The number of allylic oxidation sites excluding steroid dienone is 4. The molecule has 284 valence electrons. The molecule has 1 atom stereocenters. The minimum Gasteiger partial charge on any atom is -0.871 e. The Morgan fingerprint density at radius 2 is 1.31 bits per heavy atom. The topological polar surface area (TPSA) is 46.6 Å². The van der Waals surface area contributed by atoms with Crippen LogP contribution in [-0.2, 0) is 33.9 Å². The van der Waals surface area contributed by atoms with Crippen molar-refractivity contribution in [1.82, 2.24) is 0 Å². The van der Waals surface area contributed by atoms with Crippen LogP contribution in [0.3, 0.4) is 0 Å². The van der Waals surface area contributed by atoms with Gasteiger partial charge in [0.25, 0.3) is 0 Å². The third-order valence-corrected chi connectivity index (χ3v) is 13.6. The second-order valence-electron chi connectivity index (χ2n) is 17.6. The monoisotopic (exact) mass is 729 g/mol. The first-order valence-corrected chi connectivity index (χ1v) is 20.8. The quantitative estimate of drug-likeness (QED) is 0.144. The maximum atomic E-state index is 14.1. The molecule has 1 unspecified atom stereocenters. The Morgan fingerprint density at radius 3 is 1.91 bits per heavy atom. The molecule has 2 aliphatic carbocycles. The largest absolute Gasteiger partial charge is 0.871 e. The number of Topliss-reactive ketones (excluding diaryl/α,β-unsaturated/α-hetero) is 1. The van der Waals surface area contributed by atoms with Crippen molar-refractivity contribution in [3.8, 4) is 11.1 Å². The summed E-state index contributed by atoms with van der Waals surface area (Å²) in [6.07, 6.45) is 10.0. The number of benzene rings is 4. The van der Waals surface area contributed by atoms with Gasteiger partial charge < -0.3 is 14.9 Å². The van der Waals surface area contributed by atoms with Crippen molar-refractivity contribution in [2.75, 3.05) is 22.9 Å². The van der Waals surface area contributed by atoms with Gasteiger partial charge in [0.05, 0.1) is 6.04 Å². The summed E-state index contributed by atoms with van der Waals surface area (Å²) in [5.74, 6) is -0.256. The van der Waals surface area contributed by atoms with Gasteiger partial charge in [0.1, 0.15) is 0 Å². The van der Waals surface area contributed by atoms with Gasteiger partial charge in [-0.15, -0.1) is 0 Å². The van der Waals surface area contributed by atoms with Gasteiger partial charge in [-0.25, -0.2) is 0 Å². The standard InChI is InChI=1S/C51H58N2O2/c1-9-12-27-52-43-20-15-13-18-39(43)49(4,5)45(52)31-37-47(54)38(48(37)55)32-46-50(6,7)40-19-14-16-21-44(40)53(46)28-17-26-51(8)41-29-33(10-2)22-24-35(41)36-25-23-34(11-3)30-42(36)51/h13-16,18-25,29-32,45,54H,9-12,17,26-28H2,1-8H3/p-1/b37-31-,46-32+. The number of para-hydroxylation sites is 2. The molecule has 0 radical (unpaired) electrons. The van der Waals surface area contributed by atoms with E-state index < -0.39 is 0 Å². The van der Waals surface area contributed by atoms with E-state index in [0.717, 1.165) is 57.3 Å². The van der Waals surface area contributed by atoms with Crippen LogP contribution in [0, 0.1) is 0 Å². The zero-order chi connectivity index (χ0) is 38.9. The van der Waals surface area contributed by atoms with Crippen molar-refractivity contribution in [1.29, 1.82) is 0 Å². The van der Waals surface area contributed by atoms with Gasteiger partial charge in [-0.05, 0) is 94.8 Å². The first-order chi connectivity index (χ1) is 26.4.